The summed E-state index contributed by atoms with van der Waals surface area (Å²) in [4.78, 5) is 13.8. The van der Waals surface area contributed by atoms with E-state index in [1.54, 1.807) is 4.90 Å². The van der Waals surface area contributed by atoms with Crippen LogP contribution in [0.5, 0.6) is 0 Å². The number of rotatable bonds is 3. The summed E-state index contributed by atoms with van der Waals surface area (Å²) in [6, 6.07) is 0.145. The Balaban J connectivity index is 1.93. The zero-order valence-electron chi connectivity index (χ0n) is 11.4. The molecule has 0 spiro atoms. The van der Waals surface area contributed by atoms with Gasteiger partial charge in [-0.25, -0.2) is 4.79 Å². The lowest BCUT2D eigenvalue weighted by molar-refractivity contribution is -0.00650. The van der Waals surface area contributed by atoms with E-state index in [0.29, 0.717) is 25.4 Å². The number of aliphatic hydroxyl groups is 1. The zero-order valence-corrected chi connectivity index (χ0v) is 11.4. The van der Waals surface area contributed by atoms with Crippen molar-refractivity contribution in [2.24, 2.45) is 17.6 Å². The average molecular weight is 256 g/mol. The van der Waals surface area contributed by atoms with Crippen molar-refractivity contribution in [3.8, 4) is 0 Å². The molecule has 2 heterocycles. The second-order valence-electron chi connectivity index (χ2n) is 6.42. The number of nitrogens with two attached hydrogens (primary N) is 1. The van der Waals surface area contributed by atoms with E-state index in [9.17, 15) is 9.90 Å². The number of aliphatic hydroxyl groups excluding tert-OH is 1. The minimum atomic E-state index is -0.463. The molecule has 5 nitrogen and oxygen atoms in total. The Labute approximate surface area is 108 Å². The maximum Gasteiger partial charge on any atom is 0.410 e. The number of ether oxygens (including phenoxy) is 1. The maximum absolute atomic E-state index is 12.0. The van der Waals surface area contributed by atoms with Gasteiger partial charge in [-0.05, 0) is 46.1 Å². The normalized spacial score (nSPS) is 32.1. The molecule has 5 heteroatoms. The van der Waals surface area contributed by atoms with Gasteiger partial charge < -0.3 is 20.5 Å². The van der Waals surface area contributed by atoms with Crippen molar-refractivity contribution < 1.29 is 14.6 Å². The molecule has 1 amide bonds. The van der Waals surface area contributed by atoms with Crippen LogP contribution in [0.25, 0.3) is 0 Å². The fourth-order valence-corrected chi connectivity index (χ4v) is 3.13. The lowest BCUT2D eigenvalue weighted by atomic mass is 9.70. The highest BCUT2D eigenvalue weighted by Crippen LogP contribution is 2.48. The number of nitrogens with zero attached hydrogens (tertiary/aromatic N) is 1. The molecule has 1 aliphatic carbocycles. The molecular weight excluding hydrogens is 232 g/mol. The molecule has 2 saturated heterocycles. The van der Waals surface area contributed by atoms with Crippen LogP contribution in [-0.4, -0.2) is 46.9 Å². The predicted octanol–water partition coefficient (Wildman–Crippen LogP) is 0.952. The first-order valence-electron chi connectivity index (χ1n) is 6.71. The summed E-state index contributed by atoms with van der Waals surface area (Å²) in [6.07, 6.45) is 0.967. The summed E-state index contributed by atoms with van der Waals surface area (Å²) in [5.41, 5.74) is 5.01. The first kappa shape index (κ1) is 13.6. The molecule has 3 N–H and O–H groups in total. The van der Waals surface area contributed by atoms with Crippen LogP contribution in [-0.2, 0) is 4.74 Å². The van der Waals surface area contributed by atoms with E-state index in [1.807, 2.05) is 20.8 Å². The van der Waals surface area contributed by atoms with Gasteiger partial charge in [-0.1, -0.05) is 0 Å². The van der Waals surface area contributed by atoms with Crippen molar-refractivity contribution in [3.05, 3.63) is 0 Å². The van der Waals surface area contributed by atoms with Crippen molar-refractivity contribution >= 4 is 6.09 Å². The Hall–Kier alpha value is -0.810. The van der Waals surface area contributed by atoms with Gasteiger partial charge in [-0.2, -0.15) is 0 Å². The van der Waals surface area contributed by atoms with Crippen molar-refractivity contribution in [1.82, 2.24) is 4.90 Å². The number of fused-ring (bicyclic) bond motifs is 1. The van der Waals surface area contributed by atoms with E-state index < -0.39 is 5.60 Å². The number of carbonyl (C=O) groups excluding carboxylic acids is 1. The number of hydrogen-bond acceptors (Lipinski definition) is 4. The highest BCUT2D eigenvalue weighted by Gasteiger charge is 2.56. The van der Waals surface area contributed by atoms with Gasteiger partial charge >= 0.3 is 6.09 Å². The quantitative estimate of drug-likeness (QED) is 0.788. The van der Waals surface area contributed by atoms with E-state index in [1.165, 1.54) is 0 Å². The molecule has 0 aromatic heterocycles. The monoisotopic (exact) mass is 256 g/mol. The zero-order chi connectivity index (χ0) is 13.5. The maximum atomic E-state index is 12.0. The molecule has 104 valence electrons. The number of hydrogen-bond donors (Lipinski definition) is 2. The van der Waals surface area contributed by atoms with Crippen LogP contribution in [0.2, 0.25) is 0 Å². The Morgan fingerprint density at radius 3 is 2.78 bits per heavy atom. The van der Waals surface area contributed by atoms with Crippen molar-refractivity contribution in [2.45, 2.75) is 51.4 Å². The predicted molar refractivity (Wildman–Crippen MR) is 68.0 cm³/mol. The first-order chi connectivity index (χ1) is 8.33. The number of amides is 1. The van der Waals surface area contributed by atoms with Gasteiger partial charge in [0.05, 0.1) is 6.10 Å². The summed E-state index contributed by atoms with van der Waals surface area (Å²) in [7, 11) is 0. The molecule has 1 saturated carbocycles. The van der Waals surface area contributed by atoms with E-state index in [4.69, 9.17) is 10.5 Å². The third-order valence-corrected chi connectivity index (χ3v) is 3.90. The molecule has 3 rings (SSSR count). The van der Waals surface area contributed by atoms with Gasteiger partial charge in [0.15, 0.2) is 0 Å². The Morgan fingerprint density at radius 1 is 1.56 bits per heavy atom. The Bertz CT molecular complexity index is 327. The van der Waals surface area contributed by atoms with Gasteiger partial charge in [-0.15, -0.1) is 0 Å². The molecule has 0 radical (unpaired) electrons. The van der Waals surface area contributed by atoms with Crippen LogP contribution in [0.4, 0.5) is 4.79 Å². The van der Waals surface area contributed by atoms with E-state index in [-0.39, 0.29) is 24.2 Å². The van der Waals surface area contributed by atoms with E-state index in [2.05, 4.69) is 0 Å². The lowest BCUT2D eigenvalue weighted by Crippen LogP contribution is -2.48. The summed E-state index contributed by atoms with van der Waals surface area (Å²) in [5, 5.41) is 10.0. The largest absolute Gasteiger partial charge is 0.444 e. The van der Waals surface area contributed by atoms with Crippen LogP contribution in [0.15, 0.2) is 0 Å². The SMILES string of the molecule is CC(C)(C)OC(=O)N1C[C@@H]2C[C@H]1C2[C@@H](O)CCN. The Morgan fingerprint density at radius 2 is 2.22 bits per heavy atom. The van der Waals surface area contributed by atoms with Gasteiger partial charge in [-0.3, -0.25) is 0 Å². The Kier molecular flexibility index (Phi) is 3.56. The summed E-state index contributed by atoms with van der Waals surface area (Å²) in [6.45, 7) is 6.81. The highest BCUT2D eigenvalue weighted by molar-refractivity contribution is 5.69. The van der Waals surface area contributed by atoms with Crippen LogP contribution in [0.3, 0.4) is 0 Å². The molecule has 0 aromatic rings. The number of carbonyl (C=O) groups is 1. The molecule has 1 unspecified atom stereocenters. The van der Waals surface area contributed by atoms with Crippen LogP contribution in [0, 0.1) is 11.8 Å². The minimum absolute atomic E-state index is 0.145. The lowest BCUT2D eigenvalue weighted by Gasteiger charge is -2.39. The van der Waals surface area contributed by atoms with Gasteiger partial charge in [0, 0.05) is 18.5 Å². The summed E-state index contributed by atoms with van der Waals surface area (Å²) in [5.74, 6) is 0.616. The van der Waals surface area contributed by atoms with Gasteiger partial charge in [0.1, 0.15) is 5.60 Å². The smallest absolute Gasteiger partial charge is 0.410 e. The van der Waals surface area contributed by atoms with Gasteiger partial charge in [0.25, 0.3) is 0 Å². The second-order valence-corrected chi connectivity index (χ2v) is 6.42. The van der Waals surface area contributed by atoms with Crippen molar-refractivity contribution in [1.29, 1.82) is 0 Å². The first-order valence-corrected chi connectivity index (χ1v) is 6.71. The molecular formula is C13H24N2O3. The van der Waals surface area contributed by atoms with Crippen molar-refractivity contribution in [2.75, 3.05) is 13.1 Å². The average Bonchev–Trinajstić information content (AvgIpc) is 2.71. The molecule has 2 bridgehead atoms. The third-order valence-electron chi connectivity index (χ3n) is 3.90. The minimum Gasteiger partial charge on any atom is -0.444 e. The third kappa shape index (κ3) is 2.47. The second kappa shape index (κ2) is 4.70. The van der Waals surface area contributed by atoms with Crippen molar-refractivity contribution in [3.63, 3.8) is 0 Å². The van der Waals surface area contributed by atoms with Crippen LogP contribution < -0.4 is 5.73 Å². The molecule has 0 aromatic carbocycles. The molecule has 3 aliphatic rings. The fourth-order valence-electron chi connectivity index (χ4n) is 3.13. The van der Waals surface area contributed by atoms with E-state index >= 15 is 0 Å². The van der Waals surface area contributed by atoms with Gasteiger partial charge in [0.2, 0.25) is 0 Å². The highest BCUT2D eigenvalue weighted by atomic mass is 16.6. The summed E-state index contributed by atoms with van der Waals surface area (Å²) < 4.78 is 5.39. The van der Waals surface area contributed by atoms with Crippen LogP contribution in [0.1, 0.15) is 33.6 Å². The standard InChI is InChI=1S/C13H24N2O3/c1-13(2,3)18-12(17)15-7-8-6-9(15)11(8)10(16)4-5-14/h8-11,16H,4-7,14H2,1-3H3/t8-,9-,10-,11?/m0/s1. The molecule has 2 aliphatic heterocycles. The van der Waals surface area contributed by atoms with Crippen LogP contribution >= 0.6 is 0 Å². The fraction of sp³-hybridized carbons (Fsp3) is 0.923. The molecule has 3 fully saturated rings. The topological polar surface area (TPSA) is 75.8 Å². The molecule has 4 atom stereocenters. The van der Waals surface area contributed by atoms with E-state index in [0.717, 1.165) is 6.42 Å². The molecule has 18 heavy (non-hydrogen) atoms. The summed E-state index contributed by atoms with van der Waals surface area (Å²) >= 11 is 0.